The molecule has 1 aliphatic rings. The van der Waals surface area contributed by atoms with Gasteiger partial charge in [0.1, 0.15) is 0 Å². The van der Waals surface area contributed by atoms with Crippen LogP contribution in [0.2, 0.25) is 0 Å². The normalized spacial score (nSPS) is 19.1. The van der Waals surface area contributed by atoms with Gasteiger partial charge in [-0.05, 0) is 46.9 Å². The minimum Gasteiger partial charge on any atom is -0.388 e. The quantitative estimate of drug-likeness (QED) is 0.768. The second-order valence-corrected chi connectivity index (χ2v) is 6.24. The summed E-state index contributed by atoms with van der Waals surface area (Å²) in [5, 5.41) is 14.1. The minimum atomic E-state index is -0.456. The van der Waals surface area contributed by atoms with Crippen molar-refractivity contribution in [1.29, 1.82) is 0 Å². The summed E-state index contributed by atoms with van der Waals surface area (Å²) in [7, 11) is 0. The van der Waals surface area contributed by atoms with Gasteiger partial charge in [-0.1, -0.05) is 24.3 Å². The van der Waals surface area contributed by atoms with Crippen LogP contribution in [0.15, 0.2) is 48.0 Å². The van der Waals surface area contributed by atoms with Gasteiger partial charge < -0.3 is 5.11 Å². The van der Waals surface area contributed by atoms with Gasteiger partial charge in [0.2, 0.25) is 0 Å². The molecule has 2 unspecified atom stereocenters. The fraction of sp³-hybridized carbons (Fsp3) is 0.235. The van der Waals surface area contributed by atoms with E-state index >= 15 is 0 Å². The van der Waals surface area contributed by atoms with Crippen LogP contribution in [0.5, 0.6) is 0 Å². The number of benzene rings is 1. The van der Waals surface area contributed by atoms with Gasteiger partial charge in [-0.15, -0.1) is 11.3 Å². The highest BCUT2D eigenvalue weighted by Crippen LogP contribution is 2.43. The lowest BCUT2D eigenvalue weighted by Gasteiger charge is -2.18. The standard InChI is InChI=1S/C17H15NOS/c19-17(13-8-7-11-4-3-9-18-16(11)13)14-10-20-15-6-2-1-5-12(14)15/h1-6,9-10,13,17,19H,7-8H2. The van der Waals surface area contributed by atoms with Crippen LogP contribution in [-0.4, -0.2) is 10.1 Å². The van der Waals surface area contributed by atoms with Crippen LogP contribution in [0, 0.1) is 0 Å². The second-order valence-electron chi connectivity index (χ2n) is 5.32. The molecule has 0 bridgehead atoms. The first-order chi connectivity index (χ1) is 9.84. The monoisotopic (exact) mass is 281 g/mol. The van der Waals surface area contributed by atoms with Crippen molar-refractivity contribution in [2.45, 2.75) is 24.9 Å². The number of aliphatic hydroxyl groups is 1. The van der Waals surface area contributed by atoms with E-state index < -0.39 is 6.10 Å². The van der Waals surface area contributed by atoms with E-state index in [4.69, 9.17) is 0 Å². The number of aromatic nitrogens is 1. The number of thiophene rings is 1. The summed E-state index contributed by atoms with van der Waals surface area (Å²) < 4.78 is 1.24. The highest BCUT2D eigenvalue weighted by atomic mass is 32.1. The predicted octanol–water partition coefficient (Wildman–Crippen LogP) is 4.06. The van der Waals surface area contributed by atoms with E-state index in [1.54, 1.807) is 11.3 Å². The molecule has 20 heavy (non-hydrogen) atoms. The van der Waals surface area contributed by atoms with Gasteiger partial charge in [-0.2, -0.15) is 0 Å². The lowest BCUT2D eigenvalue weighted by Crippen LogP contribution is -2.08. The molecule has 4 rings (SSSR count). The van der Waals surface area contributed by atoms with Crippen LogP contribution in [0.4, 0.5) is 0 Å². The molecule has 2 aromatic heterocycles. The molecule has 0 aliphatic heterocycles. The molecule has 0 amide bonds. The number of nitrogens with zero attached hydrogens (tertiary/aromatic N) is 1. The summed E-state index contributed by atoms with van der Waals surface area (Å²) in [6.45, 7) is 0. The maximum atomic E-state index is 10.8. The first-order valence-electron chi connectivity index (χ1n) is 6.92. The molecule has 3 aromatic rings. The average Bonchev–Trinajstić information content (AvgIpc) is 3.11. The van der Waals surface area contributed by atoms with Crippen molar-refractivity contribution < 1.29 is 5.11 Å². The van der Waals surface area contributed by atoms with Gasteiger partial charge >= 0.3 is 0 Å². The third-order valence-electron chi connectivity index (χ3n) is 4.21. The van der Waals surface area contributed by atoms with Crippen molar-refractivity contribution in [3.63, 3.8) is 0 Å². The highest BCUT2D eigenvalue weighted by molar-refractivity contribution is 7.17. The number of hydrogen-bond acceptors (Lipinski definition) is 3. The Morgan fingerprint density at radius 2 is 2.10 bits per heavy atom. The molecular weight excluding hydrogens is 266 g/mol. The summed E-state index contributed by atoms with van der Waals surface area (Å²) in [4.78, 5) is 4.50. The van der Waals surface area contributed by atoms with E-state index in [1.165, 1.54) is 15.6 Å². The molecule has 0 spiro atoms. The third-order valence-corrected chi connectivity index (χ3v) is 5.19. The van der Waals surface area contributed by atoms with E-state index in [1.807, 2.05) is 24.4 Å². The number of hydrogen-bond donors (Lipinski definition) is 1. The highest BCUT2D eigenvalue weighted by Gasteiger charge is 2.31. The number of fused-ring (bicyclic) bond motifs is 2. The molecule has 0 fully saturated rings. The first kappa shape index (κ1) is 12.1. The number of rotatable bonds is 2. The molecule has 0 saturated heterocycles. The molecule has 1 N–H and O–H groups in total. The zero-order valence-corrected chi connectivity index (χ0v) is 11.8. The first-order valence-corrected chi connectivity index (χ1v) is 7.80. The summed E-state index contributed by atoms with van der Waals surface area (Å²) in [6, 6.07) is 12.4. The van der Waals surface area contributed by atoms with E-state index in [9.17, 15) is 5.11 Å². The van der Waals surface area contributed by atoms with E-state index in [0.29, 0.717) is 0 Å². The third kappa shape index (κ3) is 1.78. The van der Waals surface area contributed by atoms with Gasteiger partial charge in [0, 0.05) is 22.5 Å². The Labute approximate surface area is 121 Å². The van der Waals surface area contributed by atoms with E-state index in [2.05, 4.69) is 28.6 Å². The van der Waals surface area contributed by atoms with Crippen molar-refractivity contribution in [3.05, 3.63) is 64.8 Å². The van der Waals surface area contributed by atoms with Crippen molar-refractivity contribution in [2.75, 3.05) is 0 Å². The Kier molecular flexibility index (Phi) is 2.83. The number of aliphatic hydroxyl groups excluding tert-OH is 1. The summed E-state index contributed by atoms with van der Waals surface area (Å²) in [5.41, 5.74) is 3.42. The lowest BCUT2D eigenvalue weighted by atomic mass is 9.93. The zero-order valence-electron chi connectivity index (χ0n) is 11.0. The van der Waals surface area contributed by atoms with E-state index in [-0.39, 0.29) is 5.92 Å². The fourth-order valence-corrected chi connectivity index (χ4v) is 4.19. The van der Waals surface area contributed by atoms with Crippen LogP contribution in [-0.2, 0) is 6.42 Å². The average molecular weight is 281 g/mol. The van der Waals surface area contributed by atoms with Gasteiger partial charge in [0.15, 0.2) is 0 Å². The Bertz CT molecular complexity index is 764. The Morgan fingerprint density at radius 3 is 3.05 bits per heavy atom. The topological polar surface area (TPSA) is 33.1 Å². The largest absolute Gasteiger partial charge is 0.388 e. The van der Waals surface area contributed by atoms with Gasteiger partial charge in [0.25, 0.3) is 0 Å². The van der Waals surface area contributed by atoms with E-state index in [0.717, 1.165) is 24.1 Å². The summed E-state index contributed by atoms with van der Waals surface area (Å²) >= 11 is 1.70. The van der Waals surface area contributed by atoms with Crippen molar-refractivity contribution in [3.8, 4) is 0 Å². The molecule has 2 nitrogen and oxygen atoms in total. The summed E-state index contributed by atoms with van der Waals surface area (Å²) in [5.74, 6) is 0.129. The maximum absolute atomic E-state index is 10.8. The predicted molar refractivity (Wildman–Crippen MR) is 82.1 cm³/mol. The summed E-state index contributed by atoms with van der Waals surface area (Å²) in [6.07, 6.45) is 3.38. The maximum Gasteiger partial charge on any atom is 0.0887 e. The van der Waals surface area contributed by atoms with Gasteiger partial charge in [-0.3, -0.25) is 4.98 Å². The molecule has 0 radical (unpaired) electrons. The van der Waals surface area contributed by atoms with Crippen LogP contribution < -0.4 is 0 Å². The number of aryl methyl sites for hydroxylation is 1. The molecule has 1 aliphatic carbocycles. The molecule has 2 heterocycles. The fourth-order valence-electron chi connectivity index (χ4n) is 3.20. The molecule has 2 atom stereocenters. The zero-order chi connectivity index (χ0) is 13.5. The second kappa shape index (κ2) is 4.69. The van der Waals surface area contributed by atoms with Gasteiger partial charge in [0.05, 0.1) is 6.10 Å². The smallest absolute Gasteiger partial charge is 0.0887 e. The lowest BCUT2D eigenvalue weighted by molar-refractivity contribution is 0.145. The SMILES string of the molecule is OC(c1csc2ccccc12)C1CCc2cccnc21. The van der Waals surface area contributed by atoms with Crippen LogP contribution >= 0.6 is 11.3 Å². The van der Waals surface area contributed by atoms with Crippen LogP contribution in [0.3, 0.4) is 0 Å². The Balaban J connectivity index is 1.77. The van der Waals surface area contributed by atoms with Gasteiger partial charge in [-0.25, -0.2) is 0 Å². The van der Waals surface area contributed by atoms with Crippen molar-refractivity contribution in [1.82, 2.24) is 4.98 Å². The molecule has 0 saturated carbocycles. The van der Waals surface area contributed by atoms with Crippen molar-refractivity contribution in [2.24, 2.45) is 0 Å². The Morgan fingerprint density at radius 1 is 1.20 bits per heavy atom. The Hall–Kier alpha value is -1.71. The molecule has 1 aromatic carbocycles. The number of pyridine rings is 1. The van der Waals surface area contributed by atoms with Crippen LogP contribution in [0.25, 0.3) is 10.1 Å². The molecule has 100 valence electrons. The minimum absolute atomic E-state index is 0.129. The molecular formula is C17H15NOS. The van der Waals surface area contributed by atoms with Crippen LogP contribution in [0.1, 0.15) is 35.3 Å². The molecule has 3 heteroatoms. The van der Waals surface area contributed by atoms with Crippen molar-refractivity contribution >= 4 is 21.4 Å².